The van der Waals surface area contributed by atoms with E-state index in [0.29, 0.717) is 6.10 Å². The molecule has 17 heavy (non-hydrogen) atoms. The molecule has 0 aliphatic heterocycles. The summed E-state index contributed by atoms with van der Waals surface area (Å²) in [5.74, 6) is 0. The first-order valence-electron chi connectivity index (χ1n) is 5.85. The Hall–Kier alpha value is 0.580. The molecule has 0 bridgehead atoms. The molecule has 0 fully saturated rings. The summed E-state index contributed by atoms with van der Waals surface area (Å²) in [4.78, 5) is 1.35. The Morgan fingerprint density at radius 2 is 2.12 bits per heavy atom. The Balaban J connectivity index is 2.01. The van der Waals surface area contributed by atoms with Crippen LogP contribution in [0.2, 0.25) is 0 Å². The number of halogens is 2. The molecule has 0 saturated carbocycles. The molecule has 5 heteroatoms. The topological polar surface area (TPSA) is 21.3 Å². The molecular formula is C12H19Br2NOS. The molecule has 1 rings (SSSR count). The molecule has 0 aliphatic rings. The van der Waals surface area contributed by atoms with E-state index in [9.17, 15) is 0 Å². The second kappa shape index (κ2) is 8.64. The highest BCUT2D eigenvalue weighted by molar-refractivity contribution is 9.13. The van der Waals surface area contributed by atoms with Gasteiger partial charge in [-0.2, -0.15) is 0 Å². The molecule has 1 heterocycles. The molecule has 0 aromatic carbocycles. The van der Waals surface area contributed by atoms with E-state index in [1.165, 1.54) is 15.1 Å². The van der Waals surface area contributed by atoms with E-state index in [0.717, 1.165) is 30.6 Å². The lowest BCUT2D eigenvalue weighted by Gasteiger charge is -2.07. The van der Waals surface area contributed by atoms with Crippen molar-refractivity contribution in [3.63, 3.8) is 0 Å². The minimum absolute atomic E-state index is 0.351. The van der Waals surface area contributed by atoms with E-state index in [1.807, 2.05) is 0 Å². The van der Waals surface area contributed by atoms with Crippen molar-refractivity contribution in [3.05, 3.63) is 19.2 Å². The Morgan fingerprint density at radius 3 is 2.71 bits per heavy atom. The summed E-state index contributed by atoms with van der Waals surface area (Å²) in [5.41, 5.74) is 0. The summed E-state index contributed by atoms with van der Waals surface area (Å²) in [6.45, 7) is 7.01. The number of nitrogens with one attached hydrogen (secondary N) is 1. The van der Waals surface area contributed by atoms with E-state index >= 15 is 0 Å². The lowest BCUT2D eigenvalue weighted by atomic mass is 10.3. The Kier molecular flexibility index (Phi) is 7.95. The lowest BCUT2D eigenvalue weighted by molar-refractivity contribution is 0.0760. The number of rotatable bonds is 8. The van der Waals surface area contributed by atoms with Crippen molar-refractivity contribution >= 4 is 43.2 Å². The van der Waals surface area contributed by atoms with Crippen molar-refractivity contribution in [2.75, 3.05) is 13.2 Å². The van der Waals surface area contributed by atoms with Crippen LogP contribution in [0.5, 0.6) is 0 Å². The van der Waals surface area contributed by atoms with Crippen LogP contribution >= 0.6 is 43.2 Å². The minimum Gasteiger partial charge on any atom is -0.379 e. The quantitative estimate of drug-likeness (QED) is 0.663. The smallest absolute Gasteiger partial charge is 0.0843 e. The first-order chi connectivity index (χ1) is 8.09. The minimum atomic E-state index is 0.351. The second-order valence-corrected chi connectivity index (χ2v) is 7.45. The Bertz CT molecular complexity index is 309. The molecule has 0 aliphatic carbocycles. The van der Waals surface area contributed by atoms with E-state index < -0.39 is 0 Å². The molecule has 0 spiro atoms. The summed E-state index contributed by atoms with van der Waals surface area (Å²) in [6, 6.07) is 2.16. The molecule has 0 unspecified atom stereocenters. The zero-order chi connectivity index (χ0) is 12.7. The van der Waals surface area contributed by atoms with Crippen LogP contribution in [0, 0.1) is 0 Å². The normalized spacial score (nSPS) is 11.4. The molecule has 0 radical (unpaired) electrons. The monoisotopic (exact) mass is 383 g/mol. The predicted octanol–water partition coefficient (Wildman–Crippen LogP) is 4.57. The fraction of sp³-hybridized carbons (Fsp3) is 0.667. The maximum Gasteiger partial charge on any atom is 0.0843 e. The van der Waals surface area contributed by atoms with Crippen LogP contribution in [0.15, 0.2) is 14.3 Å². The van der Waals surface area contributed by atoms with Gasteiger partial charge in [-0.3, -0.25) is 0 Å². The Morgan fingerprint density at radius 1 is 1.35 bits per heavy atom. The van der Waals surface area contributed by atoms with Crippen molar-refractivity contribution in [1.82, 2.24) is 5.32 Å². The van der Waals surface area contributed by atoms with Gasteiger partial charge in [0, 0.05) is 22.5 Å². The van der Waals surface area contributed by atoms with Gasteiger partial charge in [-0.05, 0) is 71.2 Å². The van der Waals surface area contributed by atoms with E-state index in [4.69, 9.17) is 4.74 Å². The molecule has 2 nitrogen and oxygen atoms in total. The molecular weight excluding hydrogens is 366 g/mol. The molecule has 98 valence electrons. The molecule has 1 N–H and O–H groups in total. The van der Waals surface area contributed by atoms with Gasteiger partial charge in [0.2, 0.25) is 0 Å². The third-order valence-corrected chi connectivity index (χ3v) is 5.45. The SMILES string of the molecule is CC(C)OCCCCNCc1cc(Br)c(Br)s1. The first kappa shape index (κ1) is 15.6. The third kappa shape index (κ3) is 6.91. The average Bonchev–Trinajstić information content (AvgIpc) is 2.56. The molecule has 1 aromatic rings. The van der Waals surface area contributed by atoms with Gasteiger partial charge < -0.3 is 10.1 Å². The van der Waals surface area contributed by atoms with Gasteiger partial charge >= 0.3 is 0 Å². The zero-order valence-corrected chi connectivity index (χ0v) is 14.3. The van der Waals surface area contributed by atoms with Crippen molar-refractivity contribution < 1.29 is 4.74 Å². The Labute approximate surface area is 124 Å². The van der Waals surface area contributed by atoms with Crippen molar-refractivity contribution in [2.45, 2.75) is 39.3 Å². The number of hydrogen-bond acceptors (Lipinski definition) is 3. The summed E-state index contributed by atoms with van der Waals surface area (Å²) < 4.78 is 7.80. The maximum absolute atomic E-state index is 5.49. The lowest BCUT2D eigenvalue weighted by Crippen LogP contribution is -2.14. The van der Waals surface area contributed by atoms with Crippen molar-refractivity contribution in [2.24, 2.45) is 0 Å². The maximum atomic E-state index is 5.49. The number of ether oxygens (including phenoxy) is 1. The van der Waals surface area contributed by atoms with Gasteiger partial charge in [-0.25, -0.2) is 0 Å². The van der Waals surface area contributed by atoms with E-state index in [-0.39, 0.29) is 0 Å². The van der Waals surface area contributed by atoms with E-state index in [1.54, 1.807) is 11.3 Å². The highest BCUT2D eigenvalue weighted by atomic mass is 79.9. The predicted molar refractivity (Wildman–Crippen MR) is 81.7 cm³/mol. The fourth-order valence-corrected chi connectivity index (χ4v) is 3.51. The van der Waals surface area contributed by atoms with Crippen LogP contribution in [-0.2, 0) is 11.3 Å². The second-order valence-electron chi connectivity index (χ2n) is 4.14. The van der Waals surface area contributed by atoms with Crippen molar-refractivity contribution in [1.29, 1.82) is 0 Å². The summed E-state index contributed by atoms with van der Waals surface area (Å²) in [7, 11) is 0. The van der Waals surface area contributed by atoms with Gasteiger partial charge in [0.25, 0.3) is 0 Å². The average molecular weight is 385 g/mol. The summed E-state index contributed by atoms with van der Waals surface area (Å²) >= 11 is 8.76. The van der Waals surface area contributed by atoms with Crippen LogP contribution in [0.25, 0.3) is 0 Å². The molecule has 0 amide bonds. The van der Waals surface area contributed by atoms with Gasteiger partial charge in [-0.15, -0.1) is 11.3 Å². The standard InChI is InChI=1S/C12H19Br2NOS/c1-9(2)16-6-4-3-5-15-8-10-7-11(13)12(14)17-10/h7,9,15H,3-6,8H2,1-2H3. The highest BCUT2D eigenvalue weighted by Crippen LogP contribution is 2.32. The number of thiophene rings is 1. The molecule has 1 aromatic heterocycles. The van der Waals surface area contributed by atoms with Crippen molar-refractivity contribution in [3.8, 4) is 0 Å². The van der Waals surface area contributed by atoms with Gasteiger partial charge in [0.05, 0.1) is 9.89 Å². The largest absolute Gasteiger partial charge is 0.379 e. The third-order valence-electron chi connectivity index (χ3n) is 2.19. The number of unbranched alkanes of at least 4 members (excludes halogenated alkanes) is 1. The van der Waals surface area contributed by atoms with Crippen LogP contribution in [0.1, 0.15) is 31.6 Å². The van der Waals surface area contributed by atoms with Gasteiger partial charge in [-0.1, -0.05) is 0 Å². The van der Waals surface area contributed by atoms with Gasteiger partial charge in [0.1, 0.15) is 0 Å². The van der Waals surface area contributed by atoms with Crippen LogP contribution in [0.4, 0.5) is 0 Å². The molecule has 0 saturated heterocycles. The fourth-order valence-electron chi connectivity index (χ4n) is 1.36. The first-order valence-corrected chi connectivity index (χ1v) is 8.26. The zero-order valence-electron chi connectivity index (χ0n) is 10.3. The molecule has 0 atom stereocenters. The van der Waals surface area contributed by atoms with Crippen LogP contribution in [0.3, 0.4) is 0 Å². The van der Waals surface area contributed by atoms with Crippen LogP contribution < -0.4 is 5.32 Å². The summed E-state index contributed by atoms with van der Waals surface area (Å²) in [6.07, 6.45) is 2.65. The van der Waals surface area contributed by atoms with E-state index in [2.05, 4.69) is 57.1 Å². The van der Waals surface area contributed by atoms with Gasteiger partial charge in [0.15, 0.2) is 0 Å². The summed E-state index contributed by atoms with van der Waals surface area (Å²) in [5, 5.41) is 3.44. The number of hydrogen-bond donors (Lipinski definition) is 1. The highest BCUT2D eigenvalue weighted by Gasteiger charge is 2.03. The van der Waals surface area contributed by atoms with Crippen LogP contribution in [-0.4, -0.2) is 19.3 Å².